The molecule has 0 amide bonds. The molecule has 0 aromatic carbocycles. The molecule has 18 heavy (non-hydrogen) atoms. The van der Waals surface area contributed by atoms with Crippen LogP contribution in [0.3, 0.4) is 0 Å². The summed E-state index contributed by atoms with van der Waals surface area (Å²) < 4.78 is 1.98. The van der Waals surface area contributed by atoms with Crippen LogP contribution in [0.5, 0.6) is 0 Å². The number of hydrogen-bond acceptors (Lipinski definition) is 4. The molecular weight excluding hydrogens is 228 g/mol. The van der Waals surface area contributed by atoms with Crippen LogP contribution in [0.15, 0.2) is 6.33 Å². The number of hydrogen-bond donors (Lipinski definition) is 2. The van der Waals surface area contributed by atoms with E-state index >= 15 is 0 Å². The Kier molecular flexibility index (Phi) is 4.30. The molecule has 100 valence electrons. The van der Waals surface area contributed by atoms with E-state index in [-0.39, 0.29) is 5.92 Å². The second kappa shape index (κ2) is 5.95. The van der Waals surface area contributed by atoms with Gasteiger partial charge in [0, 0.05) is 12.5 Å². The lowest BCUT2D eigenvalue weighted by atomic mass is 9.96. The van der Waals surface area contributed by atoms with E-state index in [2.05, 4.69) is 21.9 Å². The molecule has 6 heteroatoms. The minimum Gasteiger partial charge on any atom is -0.387 e. The Hall–Kier alpha value is -1.43. The zero-order valence-electron chi connectivity index (χ0n) is 11.0. The molecule has 0 atom stereocenters. The highest BCUT2D eigenvalue weighted by Crippen LogP contribution is 2.18. The van der Waals surface area contributed by atoms with E-state index in [0.29, 0.717) is 5.84 Å². The van der Waals surface area contributed by atoms with Gasteiger partial charge in [0.25, 0.3) is 0 Å². The van der Waals surface area contributed by atoms with Crippen molar-refractivity contribution in [3.05, 3.63) is 12.2 Å². The number of likely N-dealkylation sites (tertiary alicyclic amines) is 1. The van der Waals surface area contributed by atoms with Gasteiger partial charge in [0.05, 0.1) is 12.4 Å². The van der Waals surface area contributed by atoms with Crippen LogP contribution in [0, 0.1) is 11.3 Å². The van der Waals surface area contributed by atoms with Gasteiger partial charge in [-0.3, -0.25) is 10.3 Å². The summed E-state index contributed by atoms with van der Waals surface area (Å²) in [5, 5.41) is 11.7. The first-order valence-electron chi connectivity index (χ1n) is 6.63. The monoisotopic (exact) mass is 250 g/mol. The molecule has 1 aliphatic heterocycles. The fourth-order valence-corrected chi connectivity index (χ4v) is 2.41. The molecule has 1 aliphatic rings. The molecule has 0 unspecified atom stereocenters. The Labute approximate surface area is 108 Å². The lowest BCUT2D eigenvalue weighted by Crippen LogP contribution is -2.38. The standard InChI is InChI=1S/C12H22N6/c1-2-5-18-11(15-9-16-18)8-17-6-3-10(4-7-17)12(13)14/h9-10H,2-8H2,1H3,(H3,13,14). The van der Waals surface area contributed by atoms with Gasteiger partial charge in [0.2, 0.25) is 0 Å². The first-order valence-corrected chi connectivity index (χ1v) is 6.63. The fraction of sp³-hybridized carbons (Fsp3) is 0.750. The average Bonchev–Trinajstić information content (AvgIpc) is 2.78. The van der Waals surface area contributed by atoms with Crippen LogP contribution in [0.25, 0.3) is 0 Å². The van der Waals surface area contributed by atoms with Crippen LogP contribution in [-0.2, 0) is 13.1 Å². The summed E-state index contributed by atoms with van der Waals surface area (Å²) in [6, 6.07) is 0. The minimum atomic E-state index is 0.273. The second-order valence-corrected chi connectivity index (χ2v) is 4.91. The average molecular weight is 250 g/mol. The number of rotatable bonds is 5. The van der Waals surface area contributed by atoms with Crippen molar-refractivity contribution in [3.8, 4) is 0 Å². The summed E-state index contributed by atoms with van der Waals surface area (Å²) in [7, 11) is 0. The van der Waals surface area contributed by atoms with Crippen molar-refractivity contribution in [1.82, 2.24) is 19.7 Å². The van der Waals surface area contributed by atoms with Crippen molar-refractivity contribution in [2.45, 2.75) is 39.3 Å². The minimum absolute atomic E-state index is 0.273. The maximum Gasteiger partial charge on any atom is 0.141 e. The summed E-state index contributed by atoms with van der Waals surface area (Å²) in [6.07, 6.45) is 4.67. The van der Waals surface area contributed by atoms with Crippen molar-refractivity contribution in [2.75, 3.05) is 13.1 Å². The van der Waals surface area contributed by atoms with Crippen molar-refractivity contribution in [3.63, 3.8) is 0 Å². The highest BCUT2D eigenvalue weighted by atomic mass is 15.3. The van der Waals surface area contributed by atoms with E-state index in [1.165, 1.54) is 0 Å². The summed E-state index contributed by atoms with van der Waals surface area (Å²) in [4.78, 5) is 6.70. The number of nitrogens with zero attached hydrogens (tertiary/aromatic N) is 4. The molecule has 1 fully saturated rings. The molecule has 0 aliphatic carbocycles. The third kappa shape index (κ3) is 3.07. The highest BCUT2D eigenvalue weighted by Gasteiger charge is 2.22. The van der Waals surface area contributed by atoms with Gasteiger partial charge in [-0.05, 0) is 32.4 Å². The van der Waals surface area contributed by atoms with Crippen molar-refractivity contribution in [1.29, 1.82) is 5.41 Å². The Morgan fingerprint density at radius 2 is 2.22 bits per heavy atom. The number of nitrogens with two attached hydrogens (primary N) is 1. The predicted octanol–water partition coefficient (Wildman–Crippen LogP) is 0.836. The van der Waals surface area contributed by atoms with E-state index in [9.17, 15) is 0 Å². The summed E-state index contributed by atoms with van der Waals surface area (Å²) in [6.45, 7) is 5.90. The molecule has 1 aromatic rings. The van der Waals surface area contributed by atoms with E-state index in [4.69, 9.17) is 11.1 Å². The molecule has 0 spiro atoms. The number of nitrogens with one attached hydrogen (secondary N) is 1. The quantitative estimate of drug-likeness (QED) is 0.599. The van der Waals surface area contributed by atoms with Crippen LogP contribution in [0.2, 0.25) is 0 Å². The molecule has 0 bridgehead atoms. The molecule has 1 saturated heterocycles. The van der Waals surface area contributed by atoms with Crippen LogP contribution in [-0.4, -0.2) is 38.6 Å². The third-order valence-electron chi connectivity index (χ3n) is 3.52. The fourth-order valence-electron chi connectivity index (χ4n) is 2.41. The van der Waals surface area contributed by atoms with Gasteiger partial charge < -0.3 is 5.73 Å². The van der Waals surface area contributed by atoms with Gasteiger partial charge >= 0.3 is 0 Å². The van der Waals surface area contributed by atoms with Gasteiger partial charge in [0.15, 0.2) is 0 Å². The van der Waals surface area contributed by atoms with Crippen molar-refractivity contribution in [2.24, 2.45) is 11.7 Å². The lowest BCUT2D eigenvalue weighted by Gasteiger charge is -2.30. The van der Waals surface area contributed by atoms with Crippen molar-refractivity contribution < 1.29 is 0 Å². The highest BCUT2D eigenvalue weighted by molar-refractivity contribution is 5.79. The molecule has 2 rings (SSSR count). The Morgan fingerprint density at radius 3 is 2.83 bits per heavy atom. The van der Waals surface area contributed by atoms with Crippen LogP contribution in [0.1, 0.15) is 32.0 Å². The molecule has 6 nitrogen and oxygen atoms in total. The number of aromatic nitrogens is 3. The van der Waals surface area contributed by atoms with Crippen LogP contribution in [0.4, 0.5) is 0 Å². The predicted molar refractivity (Wildman–Crippen MR) is 70.2 cm³/mol. The molecule has 2 heterocycles. The summed E-state index contributed by atoms with van der Waals surface area (Å²) >= 11 is 0. The van der Waals surface area contributed by atoms with Gasteiger partial charge in [-0.2, -0.15) is 5.10 Å². The summed E-state index contributed by atoms with van der Waals surface area (Å²) in [5.41, 5.74) is 5.55. The van der Waals surface area contributed by atoms with Crippen LogP contribution >= 0.6 is 0 Å². The zero-order valence-corrected chi connectivity index (χ0v) is 11.0. The normalized spacial score (nSPS) is 18.1. The molecule has 0 saturated carbocycles. The summed E-state index contributed by atoms with van der Waals surface area (Å²) in [5.74, 6) is 1.65. The topological polar surface area (TPSA) is 83.8 Å². The Balaban J connectivity index is 1.87. The maximum atomic E-state index is 7.47. The zero-order chi connectivity index (χ0) is 13.0. The van der Waals surface area contributed by atoms with E-state index < -0.39 is 0 Å². The molecule has 0 radical (unpaired) electrons. The number of aryl methyl sites for hydroxylation is 1. The molecular formula is C12H22N6. The largest absolute Gasteiger partial charge is 0.387 e. The van der Waals surface area contributed by atoms with E-state index in [1.807, 2.05) is 4.68 Å². The van der Waals surface area contributed by atoms with Crippen LogP contribution < -0.4 is 5.73 Å². The van der Waals surface area contributed by atoms with Crippen molar-refractivity contribution >= 4 is 5.84 Å². The molecule has 1 aromatic heterocycles. The maximum absolute atomic E-state index is 7.47. The molecule has 3 N–H and O–H groups in total. The third-order valence-corrected chi connectivity index (χ3v) is 3.52. The number of piperidine rings is 1. The smallest absolute Gasteiger partial charge is 0.141 e. The first kappa shape index (κ1) is 13.0. The van der Waals surface area contributed by atoms with Gasteiger partial charge in [0.1, 0.15) is 12.2 Å². The number of amidine groups is 1. The second-order valence-electron chi connectivity index (χ2n) is 4.91. The first-order chi connectivity index (χ1) is 8.70. The van der Waals surface area contributed by atoms with Gasteiger partial charge in [-0.25, -0.2) is 9.67 Å². The van der Waals surface area contributed by atoms with E-state index in [1.54, 1.807) is 6.33 Å². The van der Waals surface area contributed by atoms with E-state index in [0.717, 1.165) is 51.3 Å². The lowest BCUT2D eigenvalue weighted by molar-refractivity contribution is 0.193. The Bertz CT molecular complexity index is 391. The van der Waals surface area contributed by atoms with Gasteiger partial charge in [-0.15, -0.1) is 0 Å². The Morgan fingerprint density at radius 1 is 1.50 bits per heavy atom. The van der Waals surface area contributed by atoms with Gasteiger partial charge in [-0.1, -0.05) is 6.92 Å². The SMILES string of the molecule is CCCn1ncnc1CN1CCC(C(=N)N)CC1.